The molecule has 1 unspecified atom stereocenters. The minimum absolute atomic E-state index is 0.0878. The summed E-state index contributed by atoms with van der Waals surface area (Å²) in [4.78, 5) is 43.6. The number of hydrogen-bond acceptors (Lipinski definition) is 7. The molecule has 174 valence electrons. The van der Waals surface area contributed by atoms with Gasteiger partial charge in [-0.25, -0.2) is 9.18 Å². The van der Waals surface area contributed by atoms with E-state index in [1.807, 2.05) is 0 Å². The minimum atomic E-state index is -0.785. The number of nitrogens with zero attached hydrogens (tertiary/aromatic N) is 1. The molecule has 1 atom stereocenters. The van der Waals surface area contributed by atoms with Gasteiger partial charge in [0.2, 0.25) is 12.3 Å². The molecule has 31 heavy (non-hydrogen) atoms. The molecule has 1 rings (SSSR count). The number of halogens is 1. The van der Waals surface area contributed by atoms with E-state index < -0.39 is 17.9 Å². The molecule has 2 N–H and O–H groups in total. The van der Waals surface area contributed by atoms with E-state index >= 15 is 0 Å². The number of nitrogens with one attached hydrogen (secondary N) is 1. The zero-order valence-electron chi connectivity index (χ0n) is 17.9. The number of amides is 2. The van der Waals surface area contributed by atoms with Crippen LogP contribution in [0, 0.1) is 5.82 Å². The zero-order chi connectivity index (χ0) is 24.1. The van der Waals surface area contributed by atoms with Gasteiger partial charge in [-0.05, 0) is 18.6 Å². The Balaban J connectivity index is 0. The molecule has 0 aliphatic rings. The zero-order valence-corrected chi connectivity index (χ0v) is 17.9. The Labute approximate surface area is 180 Å². The highest BCUT2D eigenvalue weighted by atomic mass is 19.1. The van der Waals surface area contributed by atoms with Crippen molar-refractivity contribution in [2.75, 3.05) is 41.5 Å². The molecule has 0 bridgehead atoms. The molecule has 0 saturated heterocycles. The van der Waals surface area contributed by atoms with Crippen LogP contribution < -0.4 is 5.32 Å². The van der Waals surface area contributed by atoms with E-state index in [2.05, 4.69) is 10.1 Å². The second-order valence-electron chi connectivity index (χ2n) is 5.51. The Morgan fingerprint density at radius 2 is 1.81 bits per heavy atom. The van der Waals surface area contributed by atoms with Crippen molar-refractivity contribution >= 4 is 24.8 Å². The van der Waals surface area contributed by atoms with Gasteiger partial charge in [0.1, 0.15) is 12.4 Å². The predicted octanol–water partition coefficient (Wildman–Crippen LogP) is 1.07. The van der Waals surface area contributed by atoms with Crippen molar-refractivity contribution < 1.29 is 42.9 Å². The Morgan fingerprint density at radius 3 is 2.29 bits per heavy atom. The lowest BCUT2D eigenvalue weighted by Crippen LogP contribution is -2.27. The molecule has 0 spiro atoms. The van der Waals surface area contributed by atoms with Crippen LogP contribution in [0.5, 0.6) is 0 Å². The van der Waals surface area contributed by atoms with Gasteiger partial charge in [-0.2, -0.15) is 0 Å². The number of likely N-dealkylation sites (N-methyl/N-ethyl adjacent to an activating group) is 1. The van der Waals surface area contributed by atoms with Gasteiger partial charge < -0.3 is 29.5 Å². The molecular formula is C20H29FN2O8. The second-order valence-corrected chi connectivity index (χ2v) is 5.51. The fourth-order valence-electron chi connectivity index (χ4n) is 1.84. The second kappa shape index (κ2) is 20.0. The molecule has 2 amide bonds. The van der Waals surface area contributed by atoms with E-state index in [0.717, 1.165) is 0 Å². The summed E-state index contributed by atoms with van der Waals surface area (Å²) in [6, 6.07) is 5.51. The molecule has 0 aliphatic carbocycles. The molecule has 0 saturated carbocycles. The van der Waals surface area contributed by atoms with Crippen molar-refractivity contribution in [3.8, 4) is 0 Å². The lowest BCUT2D eigenvalue weighted by Gasteiger charge is -2.18. The first-order chi connectivity index (χ1) is 14.8. The Bertz CT molecular complexity index is 685. The topological polar surface area (TPSA) is 131 Å². The fraction of sp³-hybridized carbons (Fsp3) is 0.400. The summed E-state index contributed by atoms with van der Waals surface area (Å²) in [6.07, 6.45) is 3.00. The van der Waals surface area contributed by atoms with E-state index in [9.17, 15) is 18.8 Å². The fourth-order valence-corrected chi connectivity index (χ4v) is 1.84. The predicted molar refractivity (Wildman–Crippen MR) is 110 cm³/mol. The summed E-state index contributed by atoms with van der Waals surface area (Å²) in [5.41, 5.74) is -0.152. The van der Waals surface area contributed by atoms with E-state index in [1.165, 1.54) is 55.6 Å². The van der Waals surface area contributed by atoms with Crippen LogP contribution in [-0.4, -0.2) is 82.4 Å². The van der Waals surface area contributed by atoms with Crippen molar-refractivity contribution in [1.29, 1.82) is 0 Å². The van der Waals surface area contributed by atoms with Crippen LogP contribution in [0.15, 0.2) is 36.5 Å². The van der Waals surface area contributed by atoms with Crippen LogP contribution in [0.25, 0.3) is 0 Å². The SMILES string of the molecule is CNC(=O)/C=C\N(C=O)CCC(COC(=O)c1ccccc1F)OC.COC.O=CO. The van der Waals surface area contributed by atoms with Crippen LogP contribution in [0.3, 0.4) is 0 Å². The monoisotopic (exact) mass is 444 g/mol. The minimum Gasteiger partial charge on any atom is -0.483 e. The third kappa shape index (κ3) is 15.2. The molecule has 0 fully saturated rings. The Hall–Kier alpha value is -3.31. The number of methoxy groups -OCH3 is 2. The van der Waals surface area contributed by atoms with Crippen LogP contribution >= 0.6 is 0 Å². The van der Waals surface area contributed by atoms with Crippen molar-refractivity contribution in [3.63, 3.8) is 0 Å². The van der Waals surface area contributed by atoms with Gasteiger partial charge >= 0.3 is 5.97 Å². The third-order valence-electron chi connectivity index (χ3n) is 3.34. The van der Waals surface area contributed by atoms with E-state index in [-0.39, 0.29) is 31.1 Å². The molecule has 0 heterocycles. The molecule has 1 aromatic rings. The first-order valence-electron chi connectivity index (χ1n) is 8.88. The molecular weight excluding hydrogens is 415 g/mol. The molecule has 0 radical (unpaired) electrons. The number of carboxylic acid groups (broad SMARTS) is 1. The van der Waals surface area contributed by atoms with Gasteiger partial charge in [-0.1, -0.05) is 12.1 Å². The largest absolute Gasteiger partial charge is 0.483 e. The van der Waals surface area contributed by atoms with Crippen molar-refractivity contribution in [2.24, 2.45) is 0 Å². The number of carbonyl (C=O) groups excluding carboxylic acids is 3. The van der Waals surface area contributed by atoms with Crippen molar-refractivity contribution in [1.82, 2.24) is 10.2 Å². The molecule has 1 aromatic carbocycles. The number of rotatable bonds is 10. The summed E-state index contributed by atoms with van der Waals surface area (Å²) in [5, 5.41) is 9.28. The number of benzene rings is 1. The highest BCUT2D eigenvalue weighted by molar-refractivity contribution is 5.89. The molecule has 11 heteroatoms. The number of carbonyl (C=O) groups is 4. The Kier molecular flexibility index (Phi) is 19.3. The van der Waals surface area contributed by atoms with Gasteiger partial charge in [0, 0.05) is 47.2 Å². The summed E-state index contributed by atoms with van der Waals surface area (Å²) >= 11 is 0. The standard InChI is InChI=1S/C17H21FN2O5.C2H6O.CH2O2/c1-19-16(22)8-10-20(12-21)9-7-13(24-2)11-25-17(23)14-5-3-4-6-15(14)18;1-3-2;2-1-3/h3-6,8,10,12-13H,7,9,11H2,1-2H3,(H,19,22);1-2H3;1H,(H,2,3)/b10-8-;;. The van der Waals surface area contributed by atoms with Crippen molar-refractivity contribution in [3.05, 3.63) is 47.9 Å². The molecule has 0 aliphatic heterocycles. The lowest BCUT2D eigenvalue weighted by atomic mass is 10.2. The number of esters is 1. The van der Waals surface area contributed by atoms with E-state index in [4.69, 9.17) is 19.4 Å². The van der Waals surface area contributed by atoms with Gasteiger partial charge in [-0.15, -0.1) is 0 Å². The highest BCUT2D eigenvalue weighted by Gasteiger charge is 2.16. The van der Waals surface area contributed by atoms with E-state index in [1.54, 1.807) is 14.2 Å². The maximum atomic E-state index is 13.5. The third-order valence-corrected chi connectivity index (χ3v) is 3.34. The molecule has 10 nitrogen and oxygen atoms in total. The Morgan fingerprint density at radius 1 is 1.23 bits per heavy atom. The summed E-state index contributed by atoms with van der Waals surface area (Å²) in [6.45, 7) is -0.0811. The summed E-state index contributed by atoms with van der Waals surface area (Å²) in [7, 11) is 6.16. The van der Waals surface area contributed by atoms with Crippen LogP contribution in [0.2, 0.25) is 0 Å². The first kappa shape index (κ1) is 29.9. The quantitative estimate of drug-likeness (QED) is 0.311. The first-order valence-corrected chi connectivity index (χ1v) is 8.88. The maximum absolute atomic E-state index is 13.5. The van der Waals surface area contributed by atoms with E-state index in [0.29, 0.717) is 12.8 Å². The van der Waals surface area contributed by atoms with Crippen molar-refractivity contribution in [2.45, 2.75) is 12.5 Å². The maximum Gasteiger partial charge on any atom is 0.341 e. The summed E-state index contributed by atoms with van der Waals surface area (Å²) < 4.78 is 28.0. The van der Waals surface area contributed by atoms with Gasteiger partial charge in [0.25, 0.3) is 6.47 Å². The van der Waals surface area contributed by atoms with Crippen LogP contribution in [0.4, 0.5) is 4.39 Å². The number of hydrogen-bond donors (Lipinski definition) is 2. The van der Waals surface area contributed by atoms with Gasteiger partial charge in [0.15, 0.2) is 0 Å². The smallest absolute Gasteiger partial charge is 0.341 e. The molecule has 0 aromatic heterocycles. The average molecular weight is 444 g/mol. The van der Waals surface area contributed by atoms with Crippen LogP contribution in [0.1, 0.15) is 16.8 Å². The van der Waals surface area contributed by atoms with Gasteiger partial charge in [0.05, 0.1) is 11.7 Å². The van der Waals surface area contributed by atoms with Crippen LogP contribution in [-0.2, 0) is 28.6 Å². The normalized spacial score (nSPS) is 10.5. The average Bonchev–Trinajstić information content (AvgIpc) is 2.76. The highest BCUT2D eigenvalue weighted by Crippen LogP contribution is 2.09. The van der Waals surface area contributed by atoms with Gasteiger partial charge in [-0.3, -0.25) is 14.4 Å². The lowest BCUT2D eigenvalue weighted by molar-refractivity contribution is -0.123. The summed E-state index contributed by atoms with van der Waals surface area (Å²) in [5.74, 6) is -1.78. The number of ether oxygens (including phenoxy) is 3.